The van der Waals surface area contributed by atoms with Crippen LogP contribution in [0.1, 0.15) is 18.4 Å². The number of rotatable bonds is 4. The fourth-order valence-electron chi connectivity index (χ4n) is 3.59. The summed E-state index contributed by atoms with van der Waals surface area (Å²) in [5.41, 5.74) is 3.87. The van der Waals surface area contributed by atoms with Gasteiger partial charge in [-0.1, -0.05) is 36.4 Å². The second kappa shape index (κ2) is 6.47. The number of hydrogen-bond acceptors (Lipinski definition) is 2. The molecule has 3 heteroatoms. The summed E-state index contributed by atoms with van der Waals surface area (Å²) in [6.07, 6.45) is 4.67. The third-order valence-electron chi connectivity index (χ3n) is 4.72. The van der Waals surface area contributed by atoms with Gasteiger partial charge in [0.25, 0.3) is 0 Å². The van der Waals surface area contributed by atoms with Crippen molar-refractivity contribution < 1.29 is 0 Å². The van der Waals surface area contributed by atoms with Gasteiger partial charge in [0.2, 0.25) is 0 Å². The highest BCUT2D eigenvalue weighted by Crippen LogP contribution is 2.22. The molecule has 2 aromatic carbocycles. The second-order valence-electron chi connectivity index (χ2n) is 6.44. The van der Waals surface area contributed by atoms with Crippen LogP contribution in [0.2, 0.25) is 0 Å². The maximum atomic E-state index is 3.68. The lowest BCUT2D eigenvalue weighted by Gasteiger charge is -2.33. The number of H-pyrrole nitrogens is 1. The highest BCUT2D eigenvalue weighted by atomic mass is 15.2. The van der Waals surface area contributed by atoms with Crippen LogP contribution in [0.4, 0.5) is 5.69 Å². The third-order valence-corrected chi connectivity index (χ3v) is 4.72. The van der Waals surface area contributed by atoms with Crippen LogP contribution in [0, 0.1) is 0 Å². The lowest BCUT2D eigenvalue weighted by atomic mass is 10.0. The average molecular weight is 305 g/mol. The smallest absolute Gasteiger partial charge is 0.0457 e. The zero-order chi connectivity index (χ0) is 15.5. The summed E-state index contributed by atoms with van der Waals surface area (Å²) in [5.74, 6) is 0. The number of nitrogens with zero attached hydrogens (tertiary/aromatic N) is 1. The van der Waals surface area contributed by atoms with Gasteiger partial charge in [0.1, 0.15) is 0 Å². The van der Waals surface area contributed by atoms with Crippen molar-refractivity contribution in [3.8, 4) is 0 Å². The molecule has 2 N–H and O–H groups in total. The minimum Gasteiger partial charge on any atom is -0.381 e. The molecule has 4 rings (SSSR count). The zero-order valence-electron chi connectivity index (χ0n) is 13.3. The topological polar surface area (TPSA) is 31.1 Å². The van der Waals surface area contributed by atoms with Crippen molar-refractivity contribution in [3.05, 3.63) is 66.4 Å². The van der Waals surface area contributed by atoms with E-state index < -0.39 is 0 Å². The minimum atomic E-state index is 0.538. The van der Waals surface area contributed by atoms with Gasteiger partial charge < -0.3 is 10.3 Å². The summed E-state index contributed by atoms with van der Waals surface area (Å²) in [7, 11) is 0. The molecule has 0 bridgehead atoms. The number of aromatic nitrogens is 1. The van der Waals surface area contributed by atoms with Gasteiger partial charge in [0, 0.05) is 41.9 Å². The van der Waals surface area contributed by atoms with Crippen molar-refractivity contribution in [1.82, 2.24) is 9.88 Å². The molecule has 3 aromatic rings. The first kappa shape index (κ1) is 14.3. The fourth-order valence-corrected chi connectivity index (χ4v) is 3.59. The Labute approximate surface area is 137 Å². The molecule has 1 aliphatic rings. The maximum absolute atomic E-state index is 3.68. The summed E-state index contributed by atoms with van der Waals surface area (Å²) in [6, 6.07) is 19.7. The van der Waals surface area contributed by atoms with Crippen molar-refractivity contribution >= 4 is 16.6 Å². The Kier molecular flexibility index (Phi) is 4.03. The van der Waals surface area contributed by atoms with E-state index in [-0.39, 0.29) is 0 Å². The summed E-state index contributed by atoms with van der Waals surface area (Å²) >= 11 is 0. The monoisotopic (exact) mass is 305 g/mol. The maximum Gasteiger partial charge on any atom is 0.0457 e. The van der Waals surface area contributed by atoms with Gasteiger partial charge in [0.05, 0.1) is 0 Å². The number of nitrogens with one attached hydrogen (secondary N) is 2. The van der Waals surface area contributed by atoms with Crippen molar-refractivity contribution in [1.29, 1.82) is 0 Å². The summed E-state index contributed by atoms with van der Waals surface area (Å²) < 4.78 is 0. The molecule has 1 atom stereocenters. The van der Waals surface area contributed by atoms with E-state index in [0.29, 0.717) is 6.04 Å². The number of fused-ring (bicyclic) bond motifs is 1. The van der Waals surface area contributed by atoms with Crippen LogP contribution in [0.3, 0.4) is 0 Å². The second-order valence-corrected chi connectivity index (χ2v) is 6.44. The lowest BCUT2D eigenvalue weighted by molar-refractivity contribution is 0.209. The standard InChI is InChI=1S/C20H23N3/c1-2-7-17(8-3-1)22-18-9-6-12-23(15-18)14-16-13-21-20-11-5-4-10-19(16)20/h1-5,7-8,10-11,13,18,21-22H,6,9,12,14-15H2. The number of piperidine rings is 1. The van der Waals surface area contributed by atoms with E-state index in [2.05, 4.69) is 76.0 Å². The van der Waals surface area contributed by atoms with Crippen LogP contribution in [-0.4, -0.2) is 29.0 Å². The van der Waals surface area contributed by atoms with Gasteiger partial charge in [-0.05, 0) is 43.1 Å². The van der Waals surface area contributed by atoms with E-state index in [9.17, 15) is 0 Å². The molecule has 1 fully saturated rings. The molecule has 3 nitrogen and oxygen atoms in total. The molecular formula is C20H23N3. The number of hydrogen-bond donors (Lipinski definition) is 2. The van der Waals surface area contributed by atoms with Gasteiger partial charge >= 0.3 is 0 Å². The molecule has 0 radical (unpaired) electrons. The number of benzene rings is 2. The molecule has 118 valence electrons. The Balaban J connectivity index is 1.43. The van der Waals surface area contributed by atoms with Crippen molar-refractivity contribution in [2.75, 3.05) is 18.4 Å². The molecular weight excluding hydrogens is 282 g/mol. The first-order valence-corrected chi connectivity index (χ1v) is 8.47. The molecule has 2 heterocycles. The fraction of sp³-hybridized carbons (Fsp3) is 0.300. The minimum absolute atomic E-state index is 0.538. The normalized spacial score (nSPS) is 19.0. The number of anilines is 1. The molecule has 0 amide bonds. The molecule has 1 unspecified atom stereocenters. The molecule has 0 spiro atoms. The van der Waals surface area contributed by atoms with E-state index in [1.807, 2.05) is 0 Å². The van der Waals surface area contributed by atoms with E-state index in [1.165, 1.54) is 41.5 Å². The van der Waals surface area contributed by atoms with E-state index >= 15 is 0 Å². The predicted octanol–water partition coefficient (Wildman–Crippen LogP) is 4.24. The highest BCUT2D eigenvalue weighted by Gasteiger charge is 2.20. The first-order chi connectivity index (χ1) is 11.4. The SMILES string of the molecule is c1ccc(NC2CCCN(Cc3c[nH]c4ccccc34)C2)cc1. The Morgan fingerprint density at radius 1 is 1.04 bits per heavy atom. The highest BCUT2D eigenvalue weighted by molar-refractivity contribution is 5.82. The van der Waals surface area contributed by atoms with Crippen molar-refractivity contribution in [3.63, 3.8) is 0 Å². The van der Waals surface area contributed by atoms with Gasteiger partial charge in [-0.3, -0.25) is 4.90 Å². The molecule has 23 heavy (non-hydrogen) atoms. The zero-order valence-corrected chi connectivity index (χ0v) is 13.3. The number of aromatic amines is 1. The first-order valence-electron chi connectivity index (χ1n) is 8.47. The van der Waals surface area contributed by atoms with Gasteiger partial charge in [-0.15, -0.1) is 0 Å². The molecule has 0 saturated carbocycles. The summed E-state index contributed by atoms with van der Waals surface area (Å²) in [5, 5.41) is 5.03. The van der Waals surface area contributed by atoms with Crippen LogP contribution >= 0.6 is 0 Å². The van der Waals surface area contributed by atoms with Crippen molar-refractivity contribution in [2.45, 2.75) is 25.4 Å². The average Bonchev–Trinajstić information content (AvgIpc) is 2.99. The van der Waals surface area contributed by atoms with Crippen LogP contribution in [-0.2, 0) is 6.54 Å². The summed E-state index contributed by atoms with van der Waals surface area (Å²) in [6.45, 7) is 3.32. The Hall–Kier alpha value is -2.26. The molecule has 0 aliphatic carbocycles. The van der Waals surface area contributed by atoms with Gasteiger partial charge in [0.15, 0.2) is 0 Å². The quantitative estimate of drug-likeness (QED) is 0.755. The van der Waals surface area contributed by atoms with Crippen LogP contribution in [0.25, 0.3) is 10.9 Å². The van der Waals surface area contributed by atoms with Crippen molar-refractivity contribution in [2.24, 2.45) is 0 Å². The molecule has 1 aromatic heterocycles. The lowest BCUT2D eigenvalue weighted by Crippen LogP contribution is -2.41. The van der Waals surface area contributed by atoms with Crippen LogP contribution in [0.5, 0.6) is 0 Å². The molecule has 1 saturated heterocycles. The van der Waals surface area contributed by atoms with Crippen LogP contribution < -0.4 is 5.32 Å². The van der Waals surface area contributed by atoms with Gasteiger partial charge in [-0.25, -0.2) is 0 Å². The number of para-hydroxylation sites is 2. The van der Waals surface area contributed by atoms with E-state index in [1.54, 1.807) is 0 Å². The van der Waals surface area contributed by atoms with E-state index in [4.69, 9.17) is 0 Å². The van der Waals surface area contributed by atoms with Gasteiger partial charge in [-0.2, -0.15) is 0 Å². The third kappa shape index (κ3) is 3.25. The summed E-state index contributed by atoms with van der Waals surface area (Å²) in [4.78, 5) is 5.96. The number of likely N-dealkylation sites (tertiary alicyclic amines) is 1. The molecule has 1 aliphatic heterocycles. The largest absolute Gasteiger partial charge is 0.381 e. The Bertz CT molecular complexity index is 763. The van der Waals surface area contributed by atoms with Crippen LogP contribution in [0.15, 0.2) is 60.8 Å². The van der Waals surface area contributed by atoms with E-state index in [0.717, 1.165) is 13.1 Å². The Morgan fingerprint density at radius 2 is 1.87 bits per heavy atom. The predicted molar refractivity (Wildman–Crippen MR) is 96.7 cm³/mol. The Morgan fingerprint density at radius 3 is 2.78 bits per heavy atom.